The highest BCUT2D eigenvalue weighted by molar-refractivity contribution is 7.91. The first-order chi connectivity index (χ1) is 24.8. The molecule has 14 nitrogen and oxygen atoms in total. The van der Waals surface area contributed by atoms with Gasteiger partial charge in [-0.25, -0.2) is 26.5 Å². The first-order valence-electron chi connectivity index (χ1n) is 17.3. The Bertz CT molecular complexity index is 2170. The summed E-state index contributed by atoms with van der Waals surface area (Å²) in [7, 11) is -6.24. The van der Waals surface area contributed by atoms with Crippen molar-refractivity contribution in [1.29, 1.82) is 0 Å². The molecule has 1 aliphatic heterocycles. The molecule has 16 heteroatoms. The third-order valence-corrected chi connectivity index (χ3v) is 12.4. The van der Waals surface area contributed by atoms with E-state index in [2.05, 4.69) is 21.3 Å². The summed E-state index contributed by atoms with van der Waals surface area (Å²) in [5.41, 5.74) is -0.466. The summed E-state index contributed by atoms with van der Waals surface area (Å²) in [5.74, 6) is -1.77. The Labute approximate surface area is 309 Å². The quantitative estimate of drug-likeness (QED) is 0.218. The number of hydrogen-bond acceptors (Lipinski definition) is 10. The van der Waals surface area contributed by atoms with Crippen molar-refractivity contribution in [3.8, 4) is 22.8 Å². The van der Waals surface area contributed by atoms with Gasteiger partial charge in [-0.05, 0) is 36.8 Å². The highest BCUT2D eigenvalue weighted by atomic mass is 32.2. The van der Waals surface area contributed by atoms with E-state index >= 15 is 0 Å². The molecule has 3 N–H and O–H groups in total. The Morgan fingerprint density at radius 3 is 2.34 bits per heavy atom. The Morgan fingerprint density at radius 2 is 1.75 bits per heavy atom. The molecule has 2 aliphatic carbocycles. The SMILES string of the molecule is C=CC1CC1(NC(=O)C1CC(Oc2cc(-c3ccccc3)nc3cc(OC)ccc23)CN1C(=O)C(NS(C)(=O)=O)C(C)(C)C)C(=O)NS(=O)(=O)C1CC1. The van der Waals surface area contributed by atoms with E-state index < -0.39 is 78.1 Å². The van der Waals surface area contributed by atoms with Crippen LogP contribution >= 0.6 is 0 Å². The molecule has 6 rings (SSSR count). The normalized spacial score (nSPS) is 23.6. The molecule has 3 fully saturated rings. The summed E-state index contributed by atoms with van der Waals surface area (Å²) in [6, 6.07) is 14.1. The summed E-state index contributed by atoms with van der Waals surface area (Å²) >= 11 is 0. The summed E-state index contributed by atoms with van der Waals surface area (Å²) < 4.78 is 66.9. The highest BCUT2D eigenvalue weighted by Crippen LogP contribution is 2.46. The number of likely N-dealkylation sites (tertiary alicyclic amines) is 1. The molecule has 5 unspecified atom stereocenters. The number of fused-ring (bicyclic) bond motifs is 1. The minimum Gasteiger partial charge on any atom is -0.497 e. The van der Waals surface area contributed by atoms with Crippen LogP contribution in [-0.4, -0.2) is 93.3 Å². The Morgan fingerprint density at radius 1 is 1.06 bits per heavy atom. The summed E-state index contributed by atoms with van der Waals surface area (Å²) in [6.45, 7) is 8.76. The van der Waals surface area contributed by atoms with Crippen LogP contribution in [0.1, 0.15) is 46.5 Å². The van der Waals surface area contributed by atoms with Gasteiger partial charge in [0, 0.05) is 35.4 Å². The lowest BCUT2D eigenvalue weighted by molar-refractivity contribution is -0.142. The van der Waals surface area contributed by atoms with Crippen molar-refractivity contribution < 1.29 is 40.7 Å². The molecule has 3 amide bonds. The number of ether oxygens (including phenoxy) is 2. The lowest BCUT2D eigenvalue weighted by atomic mass is 9.86. The minimum absolute atomic E-state index is 0.0230. The lowest BCUT2D eigenvalue weighted by Crippen LogP contribution is -2.60. The third kappa shape index (κ3) is 8.19. The third-order valence-electron chi connectivity index (χ3n) is 9.88. The van der Waals surface area contributed by atoms with Gasteiger partial charge in [0.2, 0.25) is 31.9 Å². The van der Waals surface area contributed by atoms with E-state index in [1.165, 1.54) is 11.0 Å². The van der Waals surface area contributed by atoms with Gasteiger partial charge in [0.15, 0.2) is 0 Å². The zero-order valence-electron chi connectivity index (χ0n) is 30.3. The predicted molar refractivity (Wildman–Crippen MR) is 199 cm³/mol. The predicted octanol–water partition coefficient (Wildman–Crippen LogP) is 2.89. The van der Waals surface area contributed by atoms with Crippen LogP contribution in [0.25, 0.3) is 22.2 Å². The fourth-order valence-electron chi connectivity index (χ4n) is 6.71. The van der Waals surface area contributed by atoms with Gasteiger partial charge >= 0.3 is 0 Å². The Kier molecular flexibility index (Phi) is 10.1. The standard InChI is InChI=1S/C37H45N5O9S2/c1-7-23-20-37(23,35(45)41-53(48,49)26-14-15-26)39-33(43)30-18-25(21-42(30)34(44)32(36(2,3)4)40-52(6,46)47)51-31-19-28(22-11-9-8-10-12-22)38-29-17-24(50-5)13-16-27(29)31/h7-13,16-17,19,23,25-26,30,32,40H,1,14-15,18,20-21H2,2-6H3,(H,39,43)(H,41,45). The fraction of sp³-hybridized carbons (Fsp3) is 0.459. The van der Waals surface area contributed by atoms with Crippen molar-refractivity contribution in [2.45, 2.75) is 75.4 Å². The van der Waals surface area contributed by atoms with E-state index in [-0.39, 0.29) is 19.4 Å². The lowest BCUT2D eigenvalue weighted by Gasteiger charge is -2.35. The number of nitrogens with one attached hydrogen (secondary N) is 3. The van der Waals surface area contributed by atoms with Crippen LogP contribution in [0.3, 0.4) is 0 Å². The molecule has 3 aliphatic rings. The summed E-state index contributed by atoms with van der Waals surface area (Å²) in [4.78, 5) is 48.3. The van der Waals surface area contributed by atoms with Gasteiger partial charge in [-0.15, -0.1) is 6.58 Å². The Balaban J connectivity index is 1.35. The maximum Gasteiger partial charge on any atom is 0.259 e. The maximum atomic E-state index is 14.4. The number of amides is 3. The van der Waals surface area contributed by atoms with E-state index in [1.54, 1.807) is 52.1 Å². The van der Waals surface area contributed by atoms with Crippen LogP contribution in [0.2, 0.25) is 0 Å². The van der Waals surface area contributed by atoms with Crippen molar-refractivity contribution in [1.82, 2.24) is 24.6 Å². The fourth-order valence-corrected chi connectivity index (χ4v) is 8.96. The molecule has 3 aromatic rings. The van der Waals surface area contributed by atoms with Crippen LogP contribution in [0, 0.1) is 11.3 Å². The van der Waals surface area contributed by atoms with Gasteiger partial charge < -0.3 is 19.7 Å². The molecule has 0 bridgehead atoms. The molecule has 284 valence electrons. The first kappa shape index (κ1) is 38.2. The second-order valence-electron chi connectivity index (χ2n) is 15.1. The van der Waals surface area contributed by atoms with Crippen LogP contribution in [0.5, 0.6) is 11.5 Å². The zero-order chi connectivity index (χ0) is 38.5. The average Bonchev–Trinajstić information content (AvgIpc) is 4.03. The molecule has 2 saturated carbocycles. The second-order valence-corrected chi connectivity index (χ2v) is 18.8. The number of carbonyl (C=O) groups excluding carboxylic acids is 3. The van der Waals surface area contributed by atoms with E-state index in [0.29, 0.717) is 40.9 Å². The Hall–Kier alpha value is -4.54. The second kappa shape index (κ2) is 14.0. The molecule has 1 aromatic heterocycles. The maximum absolute atomic E-state index is 14.4. The topological polar surface area (TPSA) is 190 Å². The molecular formula is C37H45N5O9S2. The van der Waals surface area contributed by atoms with Crippen molar-refractivity contribution in [3.63, 3.8) is 0 Å². The molecule has 0 radical (unpaired) electrons. The molecular weight excluding hydrogens is 723 g/mol. The first-order valence-corrected chi connectivity index (χ1v) is 20.8. The van der Waals surface area contributed by atoms with E-state index in [9.17, 15) is 31.2 Å². The molecule has 53 heavy (non-hydrogen) atoms. The number of benzene rings is 2. The van der Waals surface area contributed by atoms with E-state index in [0.717, 1.165) is 11.8 Å². The number of hydrogen-bond donors (Lipinski definition) is 3. The smallest absolute Gasteiger partial charge is 0.259 e. The number of pyridine rings is 1. The van der Waals surface area contributed by atoms with Crippen LogP contribution in [0.4, 0.5) is 0 Å². The minimum atomic E-state index is -3.92. The van der Waals surface area contributed by atoms with Gasteiger partial charge in [0.25, 0.3) is 5.91 Å². The van der Waals surface area contributed by atoms with E-state index in [1.807, 2.05) is 30.3 Å². The number of methoxy groups -OCH3 is 1. The number of sulfonamides is 2. The van der Waals surface area contributed by atoms with Crippen LogP contribution < -0.4 is 24.2 Å². The number of aromatic nitrogens is 1. The van der Waals surface area contributed by atoms with Crippen molar-refractivity contribution in [2.24, 2.45) is 11.3 Å². The molecule has 1 saturated heterocycles. The van der Waals surface area contributed by atoms with E-state index in [4.69, 9.17) is 14.5 Å². The zero-order valence-corrected chi connectivity index (χ0v) is 31.9. The van der Waals surface area contributed by atoms with Gasteiger partial charge in [0.05, 0.1) is 36.4 Å². The van der Waals surface area contributed by atoms with Gasteiger partial charge in [-0.3, -0.25) is 19.1 Å². The largest absolute Gasteiger partial charge is 0.497 e. The van der Waals surface area contributed by atoms with Gasteiger partial charge in [-0.2, -0.15) is 0 Å². The molecule has 0 spiro atoms. The average molecular weight is 768 g/mol. The number of rotatable bonds is 13. The summed E-state index contributed by atoms with van der Waals surface area (Å²) in [6.07, 6.45) is 2.64. The molecule has 2 aromatic carbocycles. The molecule has 5 atom stereocenters. The van der Waals surface area contributed by atoms with Crippen molar-refractivity contribution in [2.75, 3.05) is 19.9 Å². The number of nitrogens with zero attached hydrogens (tertiary/aromatic N) is 2. The van der Waals surface area contributed by atoms with Crippen molar-refractivity contribution in [3.05, 3.63) is 67.3 Å². The van der Waals surface area contributed by atoms with Crippen LogP contribution in [-0.2, 0) is 34.4 Å². The van der Waals surface area contributed by atoms with Crippen molar-refractivity contribution >= 4 is 48.7 Å². The van der Waals surface area contributed by atoms with Gasteiger partial charge in [-0.1, -0.05) is 57.2 Å². The highest BCUT2D eigenvalue weighted by Gasteiger charge is 2.62. The summed E-state index contributed by atoms with van der Waals surface area (Å²) in [5, 5.41) is 2.75. The molecule has 2 heterocycles. The van der Waals surface area contributed by atoms with Gasteiger partial charge in [0.1, 0.15) is 35.2 Å². The van der Waals surface area contributed by atoms with Crippen LogP contribution in [0.15, 0.2) is 67.3 Å². The number of carbonyl (C=O) groups is 3. The monoisotopic (exact) mass is 767 g/mol.